The Morgan fingerprint density at radius 3 is 2.63 bits per heavy atom. The highest BCUT2D eigenvalue weighted by Crippen LogP contribution is 2.25. The number of thioether (sulfide) groups is 1. The summed E-state index contributed by atoms with van der Waals surface area (Å²) in [7, 11) is 0. The highest BCUT2D eigenvalue weighted by atomic mass is 79.9. The van der Waals surface area contributed by atoms with Gasteiger partial charge >= 0.3 is 0 Å². The van der Waals surface area contributed by atoms with Crippen molar-refractivity contribution in [3.8, 4) is 11.5 Å². The van der Waals surface area contributed by atoms with Crippen LogP contribution in [-0.2, 0) is 0 Å². The molecule has 0 aliphatic carbocycles. The molecular formula is C14H17BrN2OS. The van der Waals surface area contributed by atoms with Crippen molar-refractivity contribution in [3.63, 3.8) is 0 Å². The number of rotatable bonds is 7. The lowest BCUT2D eigenvalue weighted by Crippen LogP contribution is -1.81. The second-order valence-corrected chi connectivity index (χ2v) is 6.25. The molecule has 19 heavy (non-hydrogen) atoms. The predicted molar refractivity (Wildman–Crippen MR) is 82.3 cm³/mol. The summed E-state index contributed by atoms with van der Waals surface area (Å²) in [6.07, 6.45) is 5.04. The van der Waals surface area contributed by atoms with Crippen molar-refractivity contribution >= 4 is 27.7 Å². The Balaban J connectivity index is 1.86. The van der Waals surface area contributed by atoms with E-state index in [0.29, 0.717) is 11.1 Å². The molecule has 0 amide bonds. The van der Waals surface area contributed by atoms with Crippen LogP contribution in [0.2, 0.25) is 0 Å². The zero-order chi connectivity index (χ0) is 13.5. The smallest absolute Gasteiger partial charge is 0.276 e. The molecule has 0 radical (unpaired) electrons. The molecule has 0 spiro atoms. The molecular weight excluding hydrogens is 324 g/mol. The van der Waals surface area contributed by atoms with Gasteiger partial charge in [0.2, 0.25) is 5.89 Å². The van der Waals surface area contributed by atoms with Gasteiger partial charge in [-0.15, -0.1) is 10.2 Å². The maximum Gasteiger partial charge on any atom is 0.276 e. The highest BCUT2D eigenvalue weighted by Gasteiger charge is 2.08. The molecule has 0 aliphatic heterocycles. The van der Waals surface area contributed by atoms with Gasteiger partial charge in [-0.05, 0) is 30.7 Å². The van der Waals surface area contributed by atoms with E-state index in [-0.39, 0.29) is 0 Å². The molecule has 0 saturated carbocycles. The second-order valence-electron chi connectivity index (χ2n) is 4.29. The number of hydrogen-bond acceptors (Lipinski definition) is 4. The van der Waals surface area contributed by atoms with Gasteiger partial charge in [-0.1, -0.05) is 53.9 Å². The van der Waals surface area contributed by atoms with E-state index in [0.717, 1.165) is 15.8 Å². The minimum absolute atomic E-state index is 0.587. The van der Waals surface area contributed by atoms with E-state index >= 15 is 0 Å². The first-order valence-electron chi connectivity index (χ1n) is 6.52. The summed E-state index contributed by atoms with van der Waals surface area (Å²) in [6, 6.07) is 7.87. The molecule has 2 aromatic rings. The zero-order valence-corrected chi connectivity index (χ0v) is 13.3. The van der Waals surface area contributed by atoms with Gasteiger partial charge < -0.3 is 4.42 Å². The molecule has 5 heteroatoms. The van der Waals surface area contributed by atoms with Crippen LogP contribution < -0.4 is 0 Å². The standard InChI is InChI=1S/C14H17BrN2OS/c1-2-3-4-5-10-19-14-17-16-13(18-14)11-6-8-12(15)9-7-11/h6-9H,2-5,10H2,1H3. The lowest BCUT2D eigenvalue weighted by molar-refractivity contribution is 0.465. The molecule has 0 bridgehead atoms. The Labute approximate surface area is 126 Å². The quantitative estimate of drug-likeness (QED) is 0.514. The topological polar surface area (TPSA) is 38.9 Å². The maximum absolute atomic E-state index is 5.64. The number of hydrogen-bond donors (Lipinski definition) is 0. The van der Waals surface area contributed by atoms with E-state index in [2.05, 4.69) is 33.1 Å². The third-order valence-corrected chi connectivity index (χ3v) is 4.15. The lowest BCUT2D eigenvalue weighted by Gasteiger charge is -1.96. The average molecular weight is 341 g/mol. The first-order chi connectivity index (χ1) is 9.29. The van der Waals surface area contributed by atoms with Gasteiger partial charge in [0.05, 0.1) is 0 Å². The van der Waals surface area contributed by atoms with Gasteiger partial charge in [0, 0.05) is 15.8 Å². The number of aromatic nitrogens is 2. The van der Waals surface area contributed by atoms with Crippen molar-refractivity contribution in [1.82, 2.24) is 10.2 Å². The van der Waals surface area contributed by atoms with E-state index in [1.54, 1.807) is 11.8 Å². The lowest BCUT2D eigenvalue weighted by atomic mass is 10.2. The number of halogens is 1. The van der Waals surface area contributed by atoms with Crippen LogP contribution in [0, 0.1) is 0 Å². The summed E-state index contributed by atoms with van der Waals surface area (Å²) in [6.45, 7) is 2.22. The first kappa shape index (κ1) is 14.6. The van der Waals surface area contributed by atoms with Crippen LogP contribution >= 0.6 is 27.7 Å². The zero-order valence-electron chi connectivity index (χ0n) is 10.9. The average Bonchev–Trinajstić information content (AvgIpc) is 2.88. The molecule has 0 aliphatic rings. The van der Waals surface area contributed by atoms with Crippen molar-refractivity contribution in [2.75, 3.05) is 5.75 Å². The van der Waals surface area contributed by atoms with E-state index in [9.17, 15) is 0 Å². The van der Waals surface area contributed by atoms with Gasteiger partial charge in [0.25, 0.3) is 5.22 Å². The summed E-state index contributed by atoms with van der Waals surface area (Å²) in [5.41, 5.74) is 0.952. The van der Waals surface area contributed by atoms with Crippen LogP contribution in [0.15, 0.2) is 38.4 Å². The minimum Gasteiger partial charge on any atom is -0.411 e. The van der Waals surface area contributed by atoms with Crippen molar-refractivity contribution in [1.29, 1.82) is 0 Å². The van der Waals surface area contributed by atoms with Crippen LogP contribution in [0.1, 0.15) is 32.6 Å². The normalized spacial score (nSPS) is 10.8. The first-order valence-corrected chi connectivity index (χ1v) is 8.29. The summed E-state index contributed by atoms with van der Waals surface area (Å²) < 4.78 is 6.68. The predicted octanol–water partition coefficient (Wildman–Crippen LogP) is 5.17. The van der Waals surface area contributed by atoms with E-state index in [1.807, 2.05) is 24.3 Å². The van der Waals surface area contributed by atoms with Crippen LogP contribution in [0.4, 0.5) is 0 Å². The summed E-state index contributed by atoms with van der Waals surface area (Å²) in [4.78, 5) is 0. The number of unbranched alkanes of at least 4 members (excludes halogenated alkanes) is 3. The second kappa shape index (κ2) is 7.70. The number of benzene rings is 1. The fourth-order valence-electron chi connectivity index (χ4n) is 1.67. The van der Waals surface area contributed by atoms with Gasteiger partial charge in [0.15, 0.2) is 0 Å². The summed E-state index contributed by atoms with van der Waals surface area (Å²) in [5, 5.41) is 8.81. The molecule has 0 unspecified atom stereocenters. The van der Waals surface area contributed by atoms with Crippen LogP contribution in [0.3, 0.4) is 0 Å². The Morgan fingerprint density at radius 2 is 1.89 bits per heavy atom. The van der Waals surface area contributed by atoms with E-state index in [1.165, 1.54) is 25.7 Å². The van der Waals surface area contributed by atoms with Gasteiger partial charge in [-0.3, -0.25) is 0 Å². The van der Waals surface area contributed by atoms with Crippen LogP contribution in [-0.4, -0.2) is 16.0 Å². The van der Waals surface area contributed by atoms with Gasteiger partial charge in [-0.2, -0.15) is 0 Å². The summed E-state index contributed by atoms with van der Waals surface area (Å²) >= 11 is 5.05. The van der Waals surface area contributed by atoms with Crippen molar-refractivity contribution in [2.45, 2.75) is 37.8 Å². The third kappa shape index (κ3) is 4.66. The highest BCUT2D eigenvalue weighted by molar-refractivity contribution is 9.10. The molecule has 0 N–H and O–H groups in total. The van der Waals surface area contributed by atoms with Gasteiger partial charge in [0.1, 0.15) is 0 Å². The van der Waals surface area contributed by atoms with Crippen LogP contribution in [0.25, 0.3) is 11.5 Å². The Hall–Kier alpha value is -0.810. The number of nitrogens with zero attached hydrogens (tertiary/aromatic N) is 2. The Bertz CT molecular complexity index is 498. The van der Waals surface area contributed by atoms with Crippen molar-refractivity contribution in [3.05, 3.63) is 28.7 Å². The minimum atomic E-state index is 0.587. The summed E-state index contributed by atoms with van der Waals surface area (Å²) in [5.74, 6) is 1.63. The maximum atomic E-state index is 5.64. The molecule has 1 heterocycles. The fourth-order valence-corrected chi connectivity index (χ4v) is 2.69. The van der Waals surface area contributed by atoms with Crippen molar-refractivity contribution in [2.24, 2.45) is 0 Å². The molecule has 0 saturated heterocycles. The van der Waals surface area contributed by atoms with E-state index < -0.39 is 0 Å². The molecule has 0 atom stereocenters. The van der Waals surface area contributed by atoms with Crippen molar-refractivity contribution < 1.29 is 4.42 Å². The Kier molecular flexibility index (Phi) is 5.92. The monoisotopic (exact) mass is 340 g/mol. The van der Waals surface area contributed by atoms with Crippen LogP contribution in [0.5, 0.6) is 0 Å². The molecule has 0 fully saturated rings. The SMILES string of the molecule is CCCCCCSc1nnc(-c2ccc(Br)cc2)o1. The molecule has 1 aromatic carbocycles. The molecule has 2 rings (SSSR count). The largest absolute Gasteiger partial charge is 0.411 e. The molecule has 102 valence electrons. The molecule has 1 aromatic heterocycles. The fraction of sp³-hybridized carbons (Fsp3) is 0.429. The van der Waals surface area contributed by atoms with Gasteiger partial charge in [-0.25, -0.2) is 0 Å². The third-order valence-electron chi connectivity index (χ3n) is 2.72. The van der Waals surface area contributed by atoms with E-state index in [4.69, 9.17) is 4.42 Å². The molecule has 3 nitrogen and oxygen atoms in total. The Morgan fingerprint density at radius 1 is 1.11 bits per heavy atom.